The summed E-state index contributed by atoms with van der Waals surface area (Å²) in [6.45, 7) is 6.36. The van der Waals surface area contributed by atoms with Gasteiger partial charge in [-0.2, -0.15) is 0 Å². The van der Waals surface area contributed by atoms with Crippen molar-refractivity contribution in [2.24, 2.45) is 4.99 Å². The van der Waals surface area contributed by atoms with Crippen LogP contribution >= 0.6 is 24.0 Å². The van der Waals surface area contributed by atoms with Gasteiger partial charge >= 0.3 is 6.09 Å². The highest BCUT2D eigenvalue weighted by Gasteiger charge is 2.15. The number of anilines is 1. The van der Waals surface area contributed by atoms with Crippen LogP contribution in [0.1, 0.15) is 27.2 Å². The van der Waals surface area contributed by atoms with Gasteiger partial charge in [0.25, 0.3) is 0 Å². The first-order valence-electron chi connectivity index (χ1n) is 8.66. The number of aliphatic imine (C=N–C) groups is 1. The molecule has 0 unspecified atom stereocenters. The van der Waals surface area contributed by atoms with Gasteiger partial charge in [0, 0.05) is 25.8 Å². The van der Waals surface area contributed by atoms with Crippen molar-refractivity contribution in [3.05, 3.63) is 30.1 Å². The molecule has 0 radical (unpaired) electrons. The smallest absolute Gasteiger partial charge is 0.407 e. The van der Waals surface area contributed by atoms with Gasteiger partial charge in [0.05, 0.1) is 6.54 Å². The van der Waals surface area contributed by atoms with E-state index < -0.39 is 17.5 Å². The largest absolute Gasteiger partial charge is 0.444 e. The number of carbonyl (C=O) groups is 2. The number of hydrogen-bond acceptors (Lipinski definition) is 4. The average molecular weight is 509 g/mol. The molecule has 0 fully saturated rings. The van der Waals surface area contributed by atoms with Crippen LogP contribution in [0, 0.1) is 5.82 Å². The molecule has 0 heterocycles. The number of guanidine groups is 1. The number of carbonyl (C=O) groups excluding carboxylic acids is 2. The fraction of sp³-hybridized carbons (Fsp3) is 0.500. The van der Waals surface area contributed by atoms with E-state index in [1.165, 1.54) is 18.2 Å². The van der Waals surface area contributed by atoms with Crippen LogP contribution in [-0.4, -0.2) is 50.2 Å². The monoisotopic (exact) mass is 509 g/mol. The molecule has 0 aliphatic carbocycles. The van der Waals surface area contributed by atoms with E-state index in [1.54, 1.807) is 33.9 Å². The van der Waals surface area contributed by atoms with Crippen LogP contribution < -0.4 is 21.3 Å². The molecule has 4 N–H and O–H groups in total. The first-order valence-corrected chi connectivity index (χ1v) is 8.66. The average Bonchev–Trinajstić information content (AvgIpc) is 2.55. The van der Waals surface area contributed by atoms with Crippen LogP contribution in [0.2, 0.25) is 0 Å². The number of nitrogens with zero attached hydrogens (tertiary/aromatic N) is 1. The van der Waals surface area contributed by atoms with Crippen molar-refractivity contribution in [2.45, 2.75) is 32.8 Å². The molecule has 28 heavy (non-hydrogen) atoms. The summed E-state index contributed by atoms with van der Waals surface area (Å²) in [5.41, 5.74) is -0.140. The van der Waals surface area contributed by atoms with Crippen molar-refractivity contribution >= 4 is 47.6 Å². The minimum absolute atomic E-state index is 0. The third kappa shape index (κ3) is 12.3. The molecule has 0 atom stereocenters. The van der Waals surface area contributed by atoms with Gasteiger partial charge in [-0.3, -0.25) is 9.79 Å². The Bertz CT molecular complexity index is 665. The Kier molecular flexibility index (Phi) is 12.1. The second-order valence-corrected chi connectivity index (χ2v) is 6.69. The minimum atomic E-state index is -0.527. The molecular weight excluding hydrogens is 480 g/mol. The van der Waals surface area contributed by atoms with E-state index in [-0.39, 0.29) is 36.4 Å². The molecule has 0 bridgehead atoms. The summed E-state index contributed by atoms with van der Waals surface area (Å²) >= 11 is 0. The van der Waals surface area contributed by atoms with E-state index in [9.17, 15) is 14.0 Å². The highest BCUT2D eigenvalue weighted by atomic mass is 127. The predicted molar refractivity (Wildman–Crippen MR) is 119 cm³/mol. The van der Waals surface area contributed by atoms with Crippen LogP contribution in [0.4, 0.5) is 14.9 Å². The van der Waals surface area contributed by atoms with Crippen LogP contribution in [0.3, 0.4) is 0 Å². The molecule has 0 aliphatic rings. The lowest BCUT2D eigenvalue weighted by Crippen LogP contribution is -2.42. The topological polar surface area (TPSA) is 104 Å². The summed E-state index contributed by atoms with van der Waals surface area (Å²) in [5.74, 6) is -0.296. The summed E-state index contributed by atoms with van der Waals surface area (Å²) in [4.78, 5) is 27.4. The summed E-state index contributed by atoms with van der Waals surface area (Å²) in [6, 6.07) is 5.66. The molecular formula is C18H29FIN5O3. The SMILES string of the molecule is CN=C(NCCCNC(=O)OC(C)(C)C)NCC(=O)Nc1cccc(F)c1.I. The molecule has 10 heteroatoms. The Morgan fingerprint density at radius 1 is 1.14 bits per heavy atom. The summed E-state index contributed by atoms with van der Waals surface area (Å²) < 4.78 is 18.2. The van der Waals surface area contributed by atoms with E-state index in [0.29, 0.717) is 31.2 Å². The third-order valence-corrected chi connectivity index (χ3v) is 3.06. The van der Waals surface area contributed by atoms with Crippen molar-refractivity contribution < 1.29 is 18.7 Å². The highest BCUT2D eigenvalue weighted by Crippen LogP contribution is 2.08. The number of alkyl carbamates (subject to hydrolysis) is 1. The molecule has 1 aromatic carbocycles. The lowest BCUT2D eigenvalue weighted by molar-refractivity contribution is -0.115. The Hall–Kier alpha value is -2.11. The molecule has 1 aromatic rings. The normalized spacial score (nSPS) is 11.1. The Morgan fingerprint density at radius 2 is 1.82 bits per heavy atom. The van der Waals surface area contributed by atoms with Crippen molar-refractivity contribution in [1.82, 2.24) is 16.0 Å². The first-order chi connectivity index (χ1) is 12.7. The maximum absolute atomic E-state index is 13.1. The first kappa shape index (κ1) is 25.9. The van der Waals surface area contributed by atoms with Gasteiger partial charge in [0.15, 0.2) is 5.96 Å². The van der Waals surface area contributed by atoms with Crippen molar-refractivity contribution in [3.8, 4) is 0 Å². The van der Waals surface area contributed by atoms with Crippen molar-refractivity contribution in [3.63, 3.8) is 0 Å². The summed E-state index contributed by atoms with van der Waals surface area (Å²) in [7, 11) is 1.58. The van der Waals surface area contributed by atoms with Gasteiger partial charge in [-0.15, -0.1) is 24.0 Å². The summed E-state index contributed by atoms with van der Waals surface area (Å²) in [6.07, 6.45) is 0.189. The van der Waals surface area contributed by atoms with Gasteiger partial charge in [0.2, 0.25) is 5.91 Å². The summed E-state index contributed by atoms with van der Waals surface area (Å²) in [5, 5.41) is 11.1. The zero-order valence-corrected chi connectivity index (χ0v) is 18.9. The number of hydrogen-bond donors (Lipinski definition) is 4. The standard InChI is InChI=1S/C18H28FN5O3.HI/c1-18(2,3)27-17(26)22-10-6-9-21-16(20-4)23-12-15(25)24-14-8-5-7-13(19)11-14;/h5,7-8,11H,6,9-10,12H2,1-4H3,(H,22,26)(H,24,25)(H2,20,21,23);1H. The number of amides is 2. The van der Waals surface area contributed by atoms with Crippen LogP contribution in [0.5, 0.6) is 0 Å². The number of rotatable bonds is 7. The Morgan fingerprint density at radius 3 is 2.43 bits per heavy atom. The minimum Gasteiger partial charge on any atom is -0.444 e. The molecule has 0 saturated carbocycles. The maximum atomic E-state index is 13.1. The fourth-order valence-corrected chi connectivity index (χ4v) is 1.96. The van der Waals surface area contributed by atoms with Gasteiger partial charge < -0.3 is 26.0 Å². The lowest BCUT2D eigenvalue weighted by atomic mass is 10.2. The lowest BCUT2D eigenvalue weighted by Gasteiger charge is -2.19. The van der Waals surface area contributed by atoms with Gasteiger partial charge in [-0.25, -0.2) is 9.18 Å². The Labute approximate surface area is 182 Å². The number of nitrogens with one attached hydrogen (secondary N) is 4. The third-order valence-electron chi connectivity index (χ3n) is 3.06. The predicted octanol–water partition coefficient (Wildman–Crippen LogP) is 2.46. The van der Waals surface area contributed by atoms with Crippen molar-refractivity contribution in [2.75, 3.05) is 32.0 Å². The van der Waals surface area contributed by atoms with Crippen LogP contribution in [-0.2, 0) is 9.53 Å². The van der Waals surface area contributed by atoms with E-state index in [4.69, 9.17) is 4.74 Å². The number of ether oxygens (including phenoxy) is 1. The van der Waals surface area contributed by atoms with Crippen LogP contribution in [0.25, 0.3) is 0 Å². The molecule has 0 aliphatic heterocycles. The maximum Gasteiger partial charge on any atom is 0.407 e. The van der Waals surface area contributed by atoms with E-state index in [0.717, 1.165) is 0 Å². The molecule has 0 aromatic heterocycles. The molecule has 2 amide bonds. The van der Waals surface area contributed by atoms with E-state index in [1.807, 2.05) is 0 Å². The van der Waals surface area contributed by atoms with Gasteiger partial charge in [-0.1, -0.05) is 6.07 Å². The molecule has 0 saturated heterocycles. The van der Waals surface area contributed by atoms with E-state index in [2.05, 4.69) is 26.3 Å². The zero-order chi connectivity index (χ0) is 20.3. The van der Waals surface area contributed by atoms with E-state index >= 15 is 0 Å². The van der Waals surface area contributed by atoms with Crippen LogP contribution in [0.15, 0.2) is 29.3 Å². The Balaban J connectivity index is 0.00000729. The molecule has 1 rings (SSSR count). The second-order valence-electron chi connectivity index (χ2n) is 6.69. The quantitative estimate of drug-likeness (QED) is 0.196. The molecule has 8 nitrogen and oxygen atoms in total. The van der Waals surface area contributed by atoms with Crippen molar-refractivity contribution in [1.29, 1.82) is 0 Å². The second kappa shape index (κ2) is 13.1. The zero-order valence-electron chi connectivity index (χ0n) is 16.6. The molecule has 158 valence electrons. The fourth-order valence-electron chi connectivity index (χ4n) is 1.96. The number of benzene rings is 1. The van der Waals surface area contributed by atoms with Gasteiger partial charge in [-0.05, 0) is 45.4 Å². The highest BCUT2D eigenvalue weighted by molar-refractivity contribution is 14.0. The number of halogens is 2. The van der Waals surface area contributed by atoms with Gasteiger partial charge in [0.1, 0.15) is 11.4 Å². The molecule has 0 spiro atoms.